The highest BCUT2D eigenvalue weighted by atomic mass is 16.5. The van der Waals surface area contributed by atoms with Crippen LogP contribution in [0.1, 0.15) is 12.8 Å². The molecule has 0 bridgehead atoms. The van der Waals surface area contributed by atoms with Crippen LogP contribution in [0.15, 0.2) is 0 Å². The molecule has 0 radical (unpaired) electrons. The molecule has 1 saturated carbocycles. The normalized spacial score (nSPS) is 19.0. The summed E-state index contributed by atoms with van der Waals surface area (Å²) in [7, 11) is 3.96. The molecular weight excluding hydrogens is 502 g/mol. The molecule has 1 amide bonds. The minimum atomic E-state index is -1.05. The number of rotatable bonds is 11. The fourth-order valence-corrected chi connectivity index (χ4v) is 4.19. The fourth-order valence-electron chi connectivity index (χ4n) is 4.19. The molecule has 0 aromatic rings. The van der Waals surface area contributed by atoms with Crippen molar-refractivity contribution in [1.29, 1.82) is 0 Å². The summed E-state index contributed by atoms with van der Waals surface area (Å²) in [5.74, 6) is -2.49. The van der Waals surface area contributed by atoms with Gasteiger partial charge in [-0.15, -0.1) is 0 Å². The van der Waals surface area contributed by atoms with E-state index in [0.29, 0.717) is 52.4 Å². The minimum Gasteiger partial charge on any atom is -0.480 e. The van der Waals surface area contributed by atoms with Gasteiger partial charge >= 0.3 is 23.9 Å². The van der Waals surface area contributed by atoms with Gasteiger partial charge in [-0.25, -0.2) is 0 Å². The molecular formula is C24H41N5O9. The predicted molar refractivity (Wildman–Crippen MR) is 134 cm³/mol. The van der Waals surface area contributed by atoms with Gasteiger partial charge in [0.25, 0.3) is 0 Å². The molecule has 0 aromatic carbocycles. The van der Waals surface area contributed by atoms with Crippen LogP contribution in [-0.2, 0) is 38.2 Å². The number of carboxylic acid groups (broad SMARTS) is 1. The SMILES string of the molecule is COC(=O)CN1CCN(CC(=O)OC)CCN(CC(=O)N(CC(=O)O)C2CC2)CCN(CC(=O)OC)CC1. The van der Waals surface area contributed by atoms with Crippen molar-refractivity contribution in [3.05, 3.63) is 0 Å². The zero-order valence-corrected chi connectivity index (χ0v) is 22.6. The molecule has 1 N–H and O–H groups in total. The first-order chi connectivity index (χ1) is 18.1. The van der Waals surface area contributed by atoms with Gasteiger partial charge in [0.15, 0.2) is 0 Å². The molecule has 1 heterocycles. The summed E-state index contributed by atoms with van der Waals surface area (Å²) < 4.78 is 14.5. The van der Waals surface area contributed by atoms with Crippen LogP contribution in [0, 0.1) is 0 Å². The van der Waals surface area contributed by atoms with Crippen LogP contribution in [-0.4, -0.2) is 172 Å². The van der Waals surface area contributed by atoms with Gasteiger partial charge in [0.05, 0.1) is 47.5 Å². The smallest absolute Gasteiger partial charge is 0.323 e. The highest BCUT2D eigenvalue weighted by Gasteiger charge is 2.34. The van der Waals surface area contributed by atoms with Crippen molar-refractivity contribution >= 4 is 29.8 Å². The van der Waals surface area contributed by atoms with Gasteiger partial charge in [-0.05, 0) is 12.8 Å². The lowest BCUT2D eigenvalue weighted by atomic mass is 10.3. The van der Waals surface area contributed by atoms with E-state index in [-0.39, 0.29) is 50.6 Å². The van der Waals surface area contributed by atoms with Crippen LogP contribution >= 0.6 is 0 Å². The number of hydrogen-bond donors (Lipinski definition) is 1. The van der Waals surface area contributed by atoms with Crippen molar-refractivity contribution in [2.45, 2.75) is 18.9 Å². The molecule has 2 rings (SSSR count). The van der Waals surface area contributed by atoms with Crippen LogP contribution in [0.3, 0.4) is 0 Å². The van der Waals surface area contributed by atoms with E-state index < -0.39 is 17.9 Å². The number of nitrogens with zero attached hydrogens (tertiary/aromatic N) is 5. The molecule has 1 aliphatic carbocycles. The Hall–Kier alpha value is -2.81. The molecule has 0 aromatic heterocycles. The monoisotopic (exact) mass is 543 g/mol. The van der Waals surface area contributed by atoms with Crippen molar-refractivity contribution in [3.8, 4) is 0 Å². The summed E-state index contributed by atoms with van der Waals surface area (Å²) in [5, 5.41) is 9.26. The summed E-state index contributed by atoms with van der Waals surface area (Å²) in [5.41, 5.74) is 0. The van der Waals surface area contributed by atoms with Crippen molar-refractivity contribution in [2.75, 3.05) is 106 Å². The van der Waals surface area contributed by atoms with Gasteiger partial charge in [0.1, 0.15) is 6.54 Å². The summed E-state index contributed by atoms with van der Waals surface area (Å²) in [6, 6.07) is -0.0431. The Labute approximate surface area is 223 Å². The largest absolute Gasteiger partial charge is 0.480 e. The van der Waals surface area contributed by atoms with E-state index in [0.717, 1.165) is 12.8 Å². The lowest BCUT2D eigenvalue weighted by Gasteiger charge is -2.34. The number of methoxy groups -OCH3 is 3. The Balaban J connectivity index is 2.19. The van der Waals surface area contributed by atoms with Crippen molar-refractivity contribution < 1.29 is 43.3 Å². The average molecular weight is 544 g/mol. The highest BCUT2D eigenvalue weighted by Crippen LogP contribution is 2.26. The molecule has 2 fully saturated rings. The Morgan fingerprint density at radius 2 is 0.947 bits per heavy atom. The molecule has 1 saturated heterocycles. The highest BCUT2D eigenvalue weighted by molar-refractivity contribution is 5.83. The maximum Gasteiger partial charge on any atom is 0.323 e. The molecule has 2 aliphatic rings. The van der Waals surface area contributed by atoms with Gasteiger partial charge in [-0.2, -0.15) is 0 Å². The van der Waals surface area contributed by atoms with Gasteiger partial charge in [-0.3, -0.25) is 43.6 Å². The molecule has 14 heteroatoms. The number of hydrogen-bond acceptors (Lipinski definition) is 12. The minimum absolute atomic E-state index is 0.0242. The number of carbonyl (C=O) groups is 5. The van der Waals surface area contributed by atoms with E-state index in [1.54, 1.807) is 0 Å². The van der Waals surface area contributed by atoms with E-state index in [4.69, 9.17) is 14.2 Å². The van der Waals surface area contributed by atoms with E-state index in [1.807, 2.05) is 19.6 Å². The third-order valence-corrected chi connectivity index (χ3v) is 6.64. The topological polar surface area (TPSA) is 149 Å². The number of aliphatic carboxylic acids is 1. The van der Waals surface area contributed by atoms with Crippen LogP contribution in [0.5, 0.6) is 0 Å². The lowest BCUT2D eigenvalue weighted by molar-refractivity contribution is -0.145. The van der Waals surface area contributed by atoms with Gasteiger partial charge < -0.3 is 24.2 Å². The van der Waals surface area contributed by atoms with E-state index in [2.05, 4.69) is 0 Å². The second-order valence-corrected chi connectivity index (χ2v) is 9.48. The molecule has 38 heavy (non-hydrogen) atoms. The first-order valence-electron chi connectivity index (χ1n) is 12.8. The van der Waals surface area contributed by atoms with Gasteiger partial charge in [-0.1, -0.05) is 0 Å². The Morgan fingerprint density at radius 3 is 1.21 bits per heavy atom. The zero-order valence-electron chi connectivity index (χ0n) is 22.6. The Bertz CT molecular complexity index is 789. The number of amides is 1. The Kier molecular flexibility index (Phi) is 13.4. The van der Waals surface area contributed by atoms with Crippen molar-refractivity contribution in [1.82, 2.24) is 24.5 Å². The lowest BCUT2D eigenvalue weighted by Crippen LogP contribution is -2.50. The average Bonchev–Trinajstić information content (AvgIpc) is 3.73. The molecule has 1 aliphatic heterocycles. The van der Waals surface area contributed by atoms with Crippen molar-refractivity contribution in [3.63, 3.8) is 0 Å². The quantitative estimate of drug-likeness (QED) is 0.222. The summed E-state index contributed by atoms with van der Waals surface area (Å²) >= 11 is 0. The summed E-state index contributed by atoms with van der Waals surface area (Å²) in [6.45, 7) is 3.42. The van der Waals surface area contributed by atoms with Crippen LogP contribution < -0.4 is 0 Å². The van der Waals surface area contributed by atoms with Crippen LogP contribution in [0.4, 0.5) is 0 Å². The first kappa shape index (κ1) is 31.4. The van der Waals surface area contributed by atoms with Gasteiger partial charge in [0, 0.05) is 58.4 Å². The molecule has 14 nitrogen and oxygen atoms in total. The van der Waals surface area contributed by atoms with E-state index >= 15 is 0 Å². The first-order valence-corrected chi connectivity index (χ1v) is 12.8. The molecule has 0 unspecified atom stereocenters. The fraction of sp³-hybridized carbons (Fsp3) is 0.792. The van der Waals surface area contributed by atoms with Crippen LogP contribution in [0.2, 0.25) is 0 Å². The van der Waals surface area contributed by atoms with Crippen molar-refractivity contribution in [2.24, 2.45) is 0 Å². The third kappa shape index (κ3) is 11.7. The second kappa shape index (κ2) is 16.2. The molecule has 0 atom stereocenters. The second-order valence-electron chi connectivity index (χ2n) is 9.48. The Morgan fingerprint density at radius 1 is 0.632 bits per heavy atom. The molecule has 0 spiro atoms. The number of carboxylic acids is 1. The molecule has 216 valence electrons. The van der Waals surface area contributed by atoms with E-state index in [9.17, 15) is 29.1 Å². The summed E-state index contributed by atoms with van der Waals surface area (Å²) in [4.78, 5) is 69.5. The number of ether oxygens (including phenoxy) is 3. The maximum atomic E-state index is 13.1. The number of esters is 3. The predicted octanol–water partition coefficient (Wildman–Crippen LogP) is -2.20. The zero-order chi connectivity index (χ0) is 28.1. The maximum absolute atomic E-state index is 13.1. The summed E-state index contributed by atoms with van der Waals surface area (Å²) in [6.07, 6.45) is 1.59. The standard InChI is InChI=1S/C24H41N5O9/c1-36-22(33)16-26-8-6-25(14-20(30)29(15-21(31)32)19-4-5-19)7-9-27(17-23(34)37-2)11-13-28(12-10-26)18-24(35)38-3/h19H,4-18H2,1-3H3,(H,31,32). The van der Waals surface area contributed by atoms with Crippen LogP contribution in [0.25, 0.3) is 0 Å². The van der Waals surface area contributed by atoms with E-state index in [1.165, 1.54) is 26.2 Å². The van der Waals surface area contributed by atoms with Gasteiger partial charge in [0.2, 0.25) is 5.91 Å². The number of carbonyl (C=O) groups excluding carboxylic acids is 4. The third-order valence-electron chi connectivity index (χ3n) is 6.64.